The zero-order valence-electron chi connectivity index (χ0n) is 12.6. The number of nitrogens with one attached hydrogen (secondary N) is 1. The summed E-state index contributed by atoms with van der Waals surface area (Å²) >= 11 is 12.2. The number of hydrogen-bond acceptors (Lipinski definition) is 2. The van der Waals surface area contributed by atoms with Gasteiger partial charge in [0, 0.05) is 28.0 Å². The Morgan fingerprint density at radius 1 is 1.17 bits per heavy atom. The van der Waals surface area contributed by atoms with Gasteiger partial charge in [-0.15, -0.1) is 0 Å². The van der Waals surface area contributed by atoms with Gasteiger partial charge in [0.25, 0.3) is 5.91 Å². The summed E-state index contributed by atoms with van der Waals surface area (Å²) in [4.78, 5) is 12.6. The molecule has 1 N–H and O–H groups in total. The molecule has 0 radical (unpaired) electrons. The lowest BCUT2D eigenvalue weighted by atomic mass is 10.2. The van der Waals surface area contributed by atoms with Gasteiger partial charge in [-0.3, -0.25) is 4.79 Å². The van der Waals surface area contributed by atoms with Gasteiger partial charge in [-0.05, 0) is 36.4 Å². The van der Waals surface area contributed by atoms with Crippen molar-refractivity contribution in [2.24, 2.45) is 7.05 Å². The average molecular weight is 349 g/mol. The Balaban J connectivity index is 2.00. The fraction of sp³-hybridized carbons (Fsp3) is 0.118. The van der Waals surface area contributed by atoms with Crippen molar-refractivity contribution in [3.8, 4) is 5.75 Å². The van der Waals surface area contributed by atoms with Gasteiger partial charge >= 0.3 is 0 Å². The molecule has 0 spiro atoms. The molecule has 0 fully saturated rings. The molecule has 0 aliphatic carbocycles. The van der Waals surface area contributed by atoms with E-state index in [4.69, 9.17) is 27.9 Å². The van der Waals surface area contributed by atoms with E-state index in [-0.39, 0.29) is 5.91 Å². The molecule has 1 heterocycles. The maximum absolute atomic E-state index is 12.6. The maximum Gasteiger partial charge on any atom is 0.272 e. The van der Waals surface area contributed by atoms with Crippen LogP contribution < -0.4 is 10.1 Å². The minimum Gasteiger partial charge on any atom is -0.495 e. The third-order valence-corrected chi connectivity index (χ3v) is 4.24. The van der Waals surface area contributed by atoms with Gasteiger partial charge in [0.15, 0.2) is 0 Å². The van der Waals surface area contributed by atoms with Crippen LogP contribution in [0, 0.1) is 0 Å². The van der Waals surface area contributed by atoms with Crippen molar-refractivity contribution in [3.63, 3.8) is 0 Å². The number of carbonyl (C=O) groups is 1. The van der Waals surface area contributed by atoms with Crippen molar-refractivity contribution in [3.05, 3.63) is 58.2 Å². The largest absolute Gasteiger partial charge is 0.495 e. The molecule has 6 heteroatoms. The summed E-state index contributed by atoms with van der Waals surface area (Å²) in [6.45, 7) is 0. The van der Waals surface area contributed by atoms with E-state index in [0.29, 0.717) is 27.2 Å². The Kier molecular flexibility index (Phi) is 4.20. The van der Waals surface area contributed by atoms with Crippen LogP contribution in [0.1, 0.15) is 10.5 Å². The van der Waals surface area contributed by atoms with Gasteiger partial charge in [0.1, 0.15) is 11.4 Å². The molecule has 0 unspecified atom stereocenters. The molecule has 2 aromatic carbocycles. The number of halogens is 2. The molecule has 0 saturated heterocycles. The lowest BCUT2D eigenvalue weighted by molar-refractivity contribution is 0.101. The van der Waals surface area contributed by atoms with Crippen molar-refractivity contribution < 1.29 is 9.53 Å². The predicted molar refractivity (Wildman–Crippen MR) is 93.9 cm³/mol. The number of amides is 1. The highest BCUT2D eigenvalue weighted by atomic mass is 35.5. The normalized spacial score (nSPS) is 10.8. The molecule has 118 valence electrons. The molecule has 0 aliphatic rings. The van der Waals surface area contributed by atoms with Crippen LogP contribution in [-0.4, -0.2) is 17.6 Å². The topological polar surface area (TPSA) is 43.3 Å². The van der Waals surface area contributed by atoms with Gasteiger partial charge in [0.2, 0.25) is 0 Å². The fourth-order valence-electron chi connectivity index (χ4n) is 2.51. The zero-order valence-corrected chi connectivity index (χ0v) is 14.1. The summed E-state index contributed by atoms with van der Waals surface area (Å²) in [5.41, 5.74) is 1.90. The number of fused-ring (bicyclic) bond motifs is 1. The van der Waals surface area contributed by atoms with Crippen LogP contribution >= 0.6 is 23.2 Å². The number of aromatic nitrogens is 1. The Labute approximate surface area is 143 Å². The Bertz CT molecular complexity index is 903. The molecular weight excluding hydrogens is 335 g/mol. The van der Waals surface area contributed by atoms with Gasteiger partial charge < -0.3 is 14.6 Å². The number of methoxy groups -OCH3 is 1. The van der Waals surface area contributed by atoms with E-state index in [1.54, 1.807) is 34.9 Å². The van der Waals surface area contributed by atoms with Crippen LogP contribution in [0.2, 0.25) is 10.0 Å². The first-order valence-corrected chi connectivity index (χ1v) is 7.65. The van der Waals surface area contributed by atoms with E-state index in [1.165, 1.54) is 7.11 Å². The van der Waals surface area contributed by atoms with Crippen LogP contribution in [0.15, 0.2) is 42.5 Å². The highest BCUT2D eigenvalue weighted by molar-refractivity contribution is 6.35. The Morgan fingerprint density at radius 2 is 1.96 bits per heavy atom. The number of nitrogens with zero attached hydrogens (tertiary/aromatic N) is 1. The molecule has 1 amide bonds. The molecule has 0 aliphatic heterocycles. The minimum absolute atomic E-state index is 0.264. The zero-order chi connectivity index (χ0) is 16.6. The third-order valence-electron chi connectivity index (χ3n) is 3.68. The van der Waals surface area contributed by atoms with Crippen LogP contribution in [0.4, 0.5) is 5.69 Å². The van der Waals surface area contributed by atoms with Crippen LogP contribution in [0.3, 0.4) is 0 Å². The Hall–Kier alpha value is -2.17. The molecule has 3 aromatic rings. The average Bonchev–Trinajstić information content (AvgIpc) is 2.86. The van der Waals surface area contributed by atoms with Gasteiger partial charge in [0.05, 0.1) is 12.8 Å². The van der Waals surface area contributed by atoms with E-state index in [2.05, 4.69) is 5.32 Å². The van der Waals surface area contributed by atoms with Gasteiger partial charge in [-0.2, -0.15) is 0 Å². The maximum atomic E-state index is 12.6. The number of rotatable bonds is 3. The summed E-state index contributed by atoms with van der Waals surface area (Å²) in [7, 11) is 3.36. The summed E-state index contributed by atoms with van der Waals surface area (Å²) in [5.74, 6) is 0.278. The van der Waals surface area contributed by atoms with Gasteiger partial charge in [-0.25, -0.2) is 0 Å². The standard InChI is InChI=1S/C17H14Cl2N2O2/c1-21-14-5-3-4-12(19)11(14)9-15(21)17(22)20-13-8-10(18)6-7-16(13)23-2/h3-9H,1-2H3,(H,20,22). The number of ether oxygens (including phenoxy) is 1. The molecule has 0 atom stereocenters. The number of aryl methyl sites for hydroxylation is 1. The molecule has 0 bridgehead atoms. The highest BCUT2D eigenvalue weighted by Gasteiger charge is 2.16. The molecule has 1 aromatic heterocycles. The molecule has 0 saturated carbocycles. The third kappa shape index (κ3) is 2.87. The van der Waals surface area contributed by atoms with E-state index < -0.39 is 0 Å². The first kappa shape index (κ1) is 15.7. The first-order valence-electron chi connectivity index (χ1n) is 6.90. The summed E-state index contributed by atoms with van der Waals surface area (Å²) in [6.07, 6.45) is 0. The summed E-state index contributed by atoms with van der Waals surface area (Å²) < 4.78 is 7.04. The van der Waals surface area contributed by atoms with E-state index >= 15 is 0 Å². The van der Waals surface area contributed by atoms with Crippen LogP contribution in [0.25, 0.3) is 10.9 Å². The van der Waals surface area contributed by atoms with E-state index in [9.17, 15) is 4.79 Å². The number of anilines is 1. The van der Waals surface area contributed by atoms with Crippen molar-refractivity contribution in [2.75, 3.05) is 12.4 Å². The number of hydrogen-bond donors (Lipinski definition) is 1. The quantitative estimate of drug-likeness (QED) is 0.742. The lowest BCUT2D eigenvalue weighted by Gasteiger charge is -2.11. The monoisotopic (exact) mass is 348 g/mol. The molecule has 4 nitrogen and oxygen atoms in total. The first-order chi connectivity index (χ1) is 11.0. The number of benzene rings is 2. The molecular formula is C17H14Cl2N2O2. The van der Waals surface area contributed by atoms with E-state index in [0.717, 1.165) is 10.9 Å². The van der Waals surface area contributed by atoms with E-state index in [1.807, 2.05) is 19.2 Å². The smallest absolute Gasteiger partial charge is 0.272 e. The minimum atomic E-state index is -0.264. The Morgan fingerprint density at radius 3 is 2.65 bits per heavy atom. The second-order valence-corrected chi connectivity index (χ2v) is 5.90. The van der Waals surface area contributed by atoms with Crippen molar-refractivity contribution >= 4 is 45.7 Å². The second-order valence-electron chi connectivity index (χ2n) is 5.06. The summed E-state index contributed by atoms with van der Waals surface area (Å²) in [5, 5.41) is 4.78. The fourth-order valence-corrected chi connectivity index (χ4v) is 2.90. The highest BCUT2D eigenvalue weighted by Crippen LogP contribution is 2.30. The van der Waals surface area contributed by atoms with Crippen molar-refractivity contribution in [2.45, 2.75) is 0 Å². The summed E-state index contributed by atoms with van der Waals surface area (Å²) in [6, 6.07) is 12.4. The SMILES string of the molecule is COc1ccc(Cl)cc1NC(=O)c1cc2c(Cl)cccc2n1C. The van der Waals surface area contributed by atoms with Crippen molar-refractivity contribution in [1.82, 2.24) is 4.57 Å². The van der Waals surface area contributed by atoms with Crippen LogP contribution in [0.5, 0.6) is 5.75 Å². The predicted octanol–water partition coefficient (Wildman–Crippen LogP) is 4.75. The molecule has 3 rings (SSSR count). The molecule has 23 heavy (non-hydrogen) atoms. The number of carbonyl (C=O) groups excluding carboxylic acids is 1. The van der Waals surface area contributed by atoms with Gasteiger partial charge in [-0.1, -0.05) is 29.3 Å². The second kappa shape index (κ2) is 6.14. The van der Waals surface area contributed by atoms with Crippen molar-refractivity contribution in [1.29, 1.82) is 0 Å². The van der Waals surface area contributed by atoms with Crippen LogP contribution in [-0.2, 0) is 7.05 Å². The lowest BCUT2D eigenvalue weighted by Crippen LogP contribution is -2.16.